The number of hydrogen-bond acceptors (Lipinski definition) is 4. The minimum Gasteiger partial charge on any atom is -0.497 e. The molecule has 3 aromatic rings. The van der Waals surface area contributed by atoms with Crippen LogP contribution in [-0.4, -0.2) is 33.6 Å². The number of benzene rings is 1. The number of aromatic nitrogens is 4. The summed E-state index contributed by atoms with van der Waals surface area (Å²) in [6, 6.07) is 7.33. The van der Waals surface area contributed by atoms with E-state index in [-0.39, 0.29) is 6.54 Å². The van der Waals surface area contributed by atoms with Crippen LogP contribution in [0.1, 0.15) is 11.4 Å². The zero-order chi connectivity index (χ0) is 20.3. The summed E-state index contributed by atoms with van der Waals surface area (Å²) in [5.74, 6) is 9.45. The van der Waals surface area contributed by atoms with E-state index in [9.17, 15) is 9.59 Å². The molecular weight excluding hydrogens is 355 g/mol. The summed E-state index contributed by atoms with van der Waals surface area (Å²) < 4.78 is 9.33. The fourth-order valence-electron chi connectivity index (χ4n) is 2.96. The van der Waals surface area contributed by atoms with Gasteiger partial charge in [-0.1, -0.05) is 24.2 Å². The van der Waals surface area contributed by atoms with Gasteiger partial charge in [0.25, 0.3) is 5.56 Å². The van der Waals surface area contributed by atoms with E-state index in [0.717, 1.165) is 10.1 Å². The van der Waals surface area contributed by atoms with Crippen molar-refractivity contribution in [1.29, 1.82) is 0 Å². The Kier molecular flexibility index (Phi) is 5.42. The molecule has 7 nitrogen and oxygen atoms in total. The Morgan fingerprint density at radius 1 is 1.25 bits per heavy atom. The van der Waals surface area contributed by atoms with Crippen molar-refractivity contribution in [1.82, 2.24) is 18.7 Å². The largest absolute Gasteiger partial charge is 0.497 e. The van der Waals surface area contributed by atoms with Gasteiger partial charge in [-0.15, -0.1) is 6.42 Å². The summed E-state index contributed by atoms with van der Waals surface area (Å²) in [7, 11) is 5.24. The van der Waals surface area contributed by atoms with E-state index in [0.29, 0.717) is 35.6 Å². The quantitative estimate of drug-likeness (QED) is 0.476. The molecule has 0 bridgehead atoms. The highest BCUT2D eigenvalue weighted by molar-refractivity contribution is 6.08. The van der Waals surface area contributed by atoms with Gasteiger partial charge in [0.05, 0.1) is 13.7 Å². The number of imidazole rings is 1. The smallest absolute Gasteiger partial charge is 0.333 e. The average Bonchev–Trinajstić information content (AvgIpc) is 3.03. The van der Waals surface area contributed by atoms with Crippen LogP contribution in [0.2, 0.25) is 6.32 Å². The first-order valence-corrected chi connectivity index (χ1v) is 8.81. The standard InChI is InChI=1S/C20H19BN4O3/c1-4-11-25-19(26)17-18(24(12-10-21)20(25)27)22-16(23(17)2)9-8-14-6-5-7-15(13-14)28-3/h1,5-7,13H,10-12,21H2,2-3H3. The number of terminal acetylenes is 1. The predicted molar refractivity (Wildman–Crippen MR) is 110 cm³/mol. The first kappa shape index (κ1) is 19.1. The van der Waals surface area contributed by atoms with Crippen molar-refractivity contribution < 1.29 is 4.74 Å². The van der Waals surface area contributed by atoms with E-state index < -0.39 is 11.2 Å². The maximum Gasteiger partial charge on any atom is 0.333 e. The highest BCUT2D eigenvalue weighted by Crippen LogP contribution is 2.13. The van der Waals surface area contributed by atoms with Crippen LogP contribution in [0.5, 0.6) is 5.75 Å². The van der Waals surface area contributed by atoms with Crippen LogP contribution in [0.4, 0.5) is 0 Å². The molecule has 0 saturated carbocycles. The maximum atomic E-state index is 12.8. The number of methoxy groups -OCH3 is 1. The van der Waals surface area contributed by atoms with Gasteiger partial charge in [-0.05, 0) is 24.1 Å². The Morgan fingerprint density at radius 2 is 2.04 bits per heavy atom. The van der Waals surface area contributed by atoms with E-state index in [4.69, 9.17) is 11.2 Å². The second-order valence-corrected chi connectivity index (χ2v) is 6.18. The van der Waals surface area contributed by atoms with E-state index in [1.54, 1.807) is 18.7 Å². The lowest BCUT2D eigenvalue weighted by molar-refractivity contribution is 0.414. The average molecular weight is 374 g/mol. The fourth-order valence-corrected chi connectivity index (χ4v) is 2.96. The van der Waals surface area contributed by atoms with Crippen molar-refractivity contribution in [3.05, 3.63) is 56.5 Å². The van der Waals surface area contributed by atoms with Crippen molar-refractivity contribution in [2.45, 2.75) is 19.4 Å². The normalized spacial score (nSPS) is 10.3. The predicted octanol–water partition coefficient (Wildman–Crippen LogP) is -0.0103. The molecule has 0 radical (unpaired) electrons. The first-order valence-electron chi connectivity index (χ1n) is 8.81. The molecule has 2 heterocycles. The van der Waals surface area contributed by atoms with Crippen LogP contribution >= 0.6 is 0 Å². The Balaban J connectivity index is 2.23. The lowest BCUT2D eigenvalue weighted by atomic mass is 10.1. The Morgan fingerprint density at radius 3 is 2.71 bits per heavy atom. The molecule has 0 saturated heterocycles. The van der Waals surface area contributed by atoms with Crippen LogP contribution in [0, 0.1) is 24.2 Å². The molecule has 0 N–H and O–H groups in total. The third-order valence-electron chi connectivity index (χ3n) is 4.33. The van der Waals surface area contributed by atoms with Gasteiger partial charge in [0.15, 0.2) is 17.0 Å². The van der Waals surface area contributed by atoms with Gasteiger partial charge in [0.2, 0.25) is 0 Å². The number of hydrogen-bond donors (Lipinski definition) is 0. The number of ether oxygens (including phenoxy) is 1. The van der Waals surface area contributed by atoms with Gasteiger partial charge in [0, 0.05) is 19.2 Å². The summed E-state index contributed by atoms with van der Waals surface area (Å²) >= 11 is 0. The lowest BCUT2D eigenvalue weighted by Gasteiger charge is -2.08. The van der Waals surface area contributed by atoms with Gasteiger partial charge < -0.3 is 9.30 Å². The molecule has 0 atom stereocenters. The number of nitrogens with zero attached hydrogens (tertiary/aromatic N) is 4. The van der Waals surface area contributed by atoms with Gasteiger partial charge in [-0.3, -0.25) is 9.36 Å². The molecule has 8 heteroatoms. The van der Waals surface area contributed by atoms with Crippen molar-refractivity contribution in [3.8, 4) is 29.9 Å². The van der Waals surface area contributed by atoms with Crippen molar-refractivity contribution >= 4 is 19.0 Å². The number of fused-ring (bicyclic) bond motifs is 1. The molecule has 1 aromatic carbocycles. The molecule has 0 unspecified atom stereocenters. The number of rotatable bonds is 4. The summed E-state index contributed by atoms with van der Waals surface area (Å²) in [5, 5.41) is 0. The summed E-state index contributed by atoms with van der Waals surface area (Å²) in [6.45, 7) is 0.341. The molecule has 3 rings (SSSR count). The SMILES string of the molecule is BCCn1c(=O)n(CC#C)c(=O)c2c1nc(C#Cc1cccc(OC)c1)n2C. The second kappa shape index (κ2) is 7.93. The fraction of sp³-hybridized carbons (Fsp3) is 0.250. The second-order valence-electron chi connectivity index (χ2n) is 6.18. The maximum absolute atomic E-state index is 12.8. The van der Waals surface area contributed by atoms with E-state index in [1.165, 1.54) is 4.57 Å². The molecule has 0 amide bonds. The van der Waals surface area contributed by atoms with Crippen LogP contribution in [0.3, 0.4) is 0 Å². The van der Waals surface area contributed by atoms with E-state index >= 15 is 0 Å². The third-order valence-corrected chi connectivity index (χ3v) is 4.33. The Hall–Kier alpha value is -3.65. The summed E-state index contributed by atoms with van der Waals surface area (Å²) in [6.07, 6.45) is 6.05. The molecular formula is C20H19BN4O3. The molecule has 0 spiro atoms. The third kappa shape index (κ3) is 3.33. The topological polar surface area (TPSA) is 71.1 Å². The Labute approximate surface area is 163 Å². The molecule has 0 fully saturated rings. The monoisotopic (exact) mass is 374 g/mol. The Bertz CT molecular complexity index is 1270. The molecule has 140 valence electrons. The molecule has 2 aromatic heterocycles. The van der Waals surface area contributed by atoms with Crippen LogP contribution < -0.4 is 16.0 Å². The summed E-state index contributed by atoms with van der Waals surface area (Å²) in [4.78, 5) is 30.0. The highest BCUT2D eigenvalue weighted by Gasteiger charge is 2.18. The number of aryl methyl sites for hydroxylation is 2. The van der Waals surface area contributed by atoms with Gasteiger partial charge in [-0.2, -0.15) is 0 Å². The van der Waals surface area contributed by atoms with Crippen LogP contribution in [0.15, 0.2) is 33.9 Å². The van der Waals surface area contributed by atoms with Gasteiger partial charge in [0.1, 0.15) is 13.6 Å². The minimum atomic E-state index is -0.463. The molecule has 28 heavy (non-hydrogen) atoms. The molecule has 0 aliphatic heterocycles. The van der Waals surface area contributed by atoms with Crippen LogP contribution in [-0.2, 0) is 20.1 Å². The molecule has 0 aliphatic rings. The lowest BCUT2D eigenvalue weighted by Crippen LogP contribution is -2.40. The van der Waals surface area contributed by atoms with Crippen molar-refractivity contribution in [3.63, 3.8) is 0 Å². The zero-order valence-electron chi connectivity index (χ0n) is 16.0. The highest BCUT2D eigenvalue weighted by atomic mass is 16.5. The van der Waals surface area contributed by atoms with Crippen molar-refractivity contribution in [2.24, 2.45) is 7.05 Å². The van der Waals surface area contributed by atoms with E-state index in [2.05, 4.69) is 22.7 Å². The van der Waals surface area contributed by atoms with Crippen LogP contribution in [0.25, 0.3) is 11.2 Å². The first-order chi connectivity index (χ1) is 13.5. The zero-order valence-corrected chi connectivity index (χ0v) is 16.0. The van der Waals surface area contributed by atoms with E-state index in [1.807, 2.05) is 32.1 Å². The minimum absolute atomic E-state index is 0.0900. The van der Waals surface area contributed by atoms with Crippen molar-refractivity contribution in [2.75, 3.05) is 7.11 Å². The molecule has 0 aliphatic carbocycles. The van der Waals surface area contributed by atoms with Gasteiger partial charge in [-0.25, -0.2) is 14.3 Å². The van der Waals surface area contributed by atoms with Gasteiger partial charge >= 0.3 is 5.69 Å². The summed E-state index contributed by atoms with van der Waals surface area (Å²) in [5.41, 5.74) is 0.459.